The summed E-state index contributed by atoms with van der Waals surface area (Å²) in [4.78, 5) is 25.2. The Balaban J connectivity index is 1.17. The van der Waals surface area contributed by atoms with Gasteiger partial charge in [0.1, 0.15) is 6.54 Å². The number of pyridine rings is 1. The summed E-state index contributed by atoms with van der Waals surface area (Å²) in [5, 5.41) is 11.8. The monoisotopic (exact) mass is 414 g/mol. The van der Waals surface area contributed by atoms with Gasteiger partial charge >= 0.3 is 0 Å². The number of benzene rings is 1. The van der Waals surface area contributed by atoms with Gasteiger partial charge in [-0.05, 0) is 36.4 Å². The third-order valence-corrected chi connectivity index (χ3v) is 5.39. The summed E-state index contributed by atoms with van der Waals surface area (Å²) >= 11 is 0. The lowest BCUT2D eigenvalue weighted by molar-refractivity contribution is -0.132. The number of carbonyl (C=O) groups excluding carboxylic acids is 1. The van der Waals surface area contributed by atoms with Crippen LogP contribution in [-0.2, 0) is 11.3 Å². The second-order valence-electron chi connectivity index (χ2n) is 7.37. The fraction of sp³-hybridized carbons (Fsp3) is 0.227. The first-order valence-corrected chi connectivity index (χ1v) is 10.2. The van der Waals surface area contributed by atoms with Crippen molar-refractivity contribution in [2.75, 3.05) is 36.4 Å². The fourth-order valence-electron chi connectivity index (χ4n) is 3.71. The molecular weight excluding hydrogens is 392 g/mol. The zero-order chi connectivity index (χ0) is 21.0. The number of nitrogens with one attached hydrogen (secondary N) is 1. The number of aromatic nitrogens is 5. The Morgan fingerprint density at radius 1 is 0.935 bits per heavy atom. The van der Waals surface area contributed by atoms with Gasteiger partial charge in [-0.2, -0.15) is 0 Å². The summed E-state index contributed by atoms with van der Waals surface area (Å²) < 4.78 is 1.91. The minimum atomic E-state index is 0.103. The molecule has 9 nitrogen and oxygen atoms in total. The highest BCUT2D eigenvalue weighted by molar-refractivity contribution is 5.80. The lowest BCUT2D eigenvalue weighted by atomic mass is 10.3. The normalized spacial score (nSPS) is 14.1. The number of para-hydroxylation sites is 2. The van der Waals surface area contributed by atoms with Crippen LogP contribution in [0.15, 0.2) is 67.3 Å². The van der Waals surface area contributed by atoms with Crippen LogP contribution in [-0.4, -0.2) is 61.7 Å². The van der Waals surface area contributed by atoms with Crippen LogP contribution in [0.2, 0.25) is 0 Å². The van der Waals surface area contributed by atoms with Crippen LogP contribution >= 0.6 is 0 Å². The zero-order valence-corrected chi connectivity index (χ0v) is 16.9. The number of nitrogens with zero attached hydrogens (tertiary/aromatic N) is 7. The first kappa shape index (κ1) is 19.0. The molecule has 4 heterocycles. The molecular formula is C22H22N8O. The summed E-state index contributed by atoms with van der Waals surface area (Å²) in [5.41, 5.74) is 2.79. The number of fused-ring (bicyclic) bond motifs is 1. The molecule has 9 heteroatoms. The fourth-order valence-corrected chi connectivity index (χ4v) is 3.71. The lowest BCUT2D eigenvalue weighted by Gasteiger charge is -2.35. The van der Waals surface area contributed by atoms with Gasteiger partial charge in [-0.3, -0.25) is 9.78 Å². The topological polar surface area (TPSA) is 92.1 Å². The van der Waals surface area contributed by atoms with Gasteiger partial charge in [0.25, 0.3) is 0 Å². The standard InChI is InChI=1S/C22H22N8O/c31-22(15-30-16-24-18-3-1-2-4-19(18)30)29-13-11-28(12-14-29)21-6-5-20(26-27-21)25-17-7-9-23-10-8-17/h1-10,16H,11-15H2,(H,23,25,26). The van der Waals surface area contributed by atoms with Crippen LogP contribution in [0.3, 0.4) is 0 Å². The zero-order valence-electron chi connectivity index (χ0n) is 16.9. The molecule has 0 spiro atoms. The van der Waals surface area contributed by atoms with Gasteiger partial charge in [0.2, 0.25) is 5.91 Å². The molecule has 1 aliphatic heterocycles. The van der Waals surface area contributed by atoms with Crippen molar-refractivity contribution < 1.29 is 4.79 Å². The van der Waals surface area contributed by atoms with Crippen LogP contribution in [0.1, 0.15) is 0 Å². The van der Waals surface area contributed by atoms with E-state index < -0.39 is 0 Å². The maximum absolute atomic E-state index is 12.8. The number of rotatable bonds is 5. The number of hydrogen-bond acceptors (Lipinski definition) is 7. The number of anilines is 3. The van der Waals surface area contributed by atoms with Crippen molar-refractivity contribution in [3.05, 3.63) is 67.3 Å². The van der Waals surface area contributed by atoms with Gasteiger partial charge in [-0.15, -0.1) is 10.2 Å². The Labute approximate surface area is 179 Å². The van der Waals surface area contributed by atoms with Gasteiger partial charge in [0.05, 0.1) is 17.4 Å². The third kappa shape index (κ3) is 4.16. The van der Waals surface area contributed by atoms with Gasteiger partial charge in [-0.1, -0.05) is 12.1 Å². The Morgan fingerprint density at radius 3 is 2.52 bits per heavy atom. The maximum atomic E-state index is 12.8. The Bertz CT molecular complexity index is 1170. The van der Waals surface area contributed by atoms with Crippen molar-refractivity contribution in [2.24, 2.45) is 0 Å². The van der Waals surface area contributed by atoms with Gasteiger partial charge in [-0.25, -0.2) is 4.98 Å². The summed E-state index contributed by atoms with van der Waals surface area (Å²) in [5.74, 6) is 1.59. The molecule has 1 saturated heterocycles. The number of carbonyl (C=O) groups is 1. The largest absolute Gasteiger partial charge is 0.352 e. The van der Waals surface area contributed by atoms with Gasteiger partial charge in [0.15, 0.2) is 11.6 Å². The van der Waals surface area contributed by atoms with E-state index in [1.807, 2.05) is 58.0 Å². The molecule has 1 fully saturated rings. The van der Waals surface area contributed by atoms with Crippen molar-refractivity contribution >= 4 is 34.3 Å². The SMILES string of the molecule is O=C(Cn1cnc2ccccc21)N1CCN(c2ccc(Nc3ccncc3)nn2)CC1. The molecule has 31 heavy (non-hydrogen) atoms. The highest BCUT2D eigenvalue weighted by atomic mass is 16.2. The smallest absolute Gasteiger partial charge is 0.242 e. The van der Waals surface area contributed by atoms with E-state index in [9.17, 15) is 4.79 Å². The molecule has 0 atom stereocenters. The van der Waals surface area contributed by atoms with Crippen LogP contribution < -0.4 is 10.2 Å². The summed E-state index contributed by atoms with van der Waals surface area (Å²) in [6, 6.07) is 15.5. The van der Waals surface area contributed by atoms with E-state index in [4.69, 9.17) is 0 Å². The molecule has 0 aliphatic carbocycles. The van der Waals surface area contributed by atoms with Crippen LogP contribution in [0.25, 0.3) is 11.0 Å². The first-order chi connectivity index (χ1) is 15.3. The highest BCUT2D eigenvalue weighted by Crippen LogP contribution is 2.18. The molecule has 3 aromatic heterocycles. The van der Waals surface area contributed by atoms with Crippen LogP contribution in [0, 0.1) is 0 Å². The average Bonchev–Trinajstić information content (AvgIpc) is 3.23. The van der Waals surface area contributed by atoms with Gasteiger partial charge < -0.3 is 19.7 Å². The maximum Gasteiger partial charge on any atom is 0.242 e. The highest BCUT2D eigenvalue weighted by Gasteiger charge is 2.22. The second kappa shape index (κ2) is 8.39. The summed E-state index contributed by atoms with van der Waals surface area (Å²) in [6.45, 7) is 3.06. The van der Waals surface area contributed by atoms with E-state index >= 15 is 0 Å². The van der Waals surface area contributed by atoms with E-state index in [0.29, 0.717) is 25.5 Å². The van der Waals surface area contributed by atoms with Crippen LogP contribution in [0.4, 0.5) is 17.3 Å². The summed E-state index contributed by atoms with van der Waals surface area (Å²) in [6.07, 6.45) is 5.18. The molecule has 1 aromatic carbocycles. The van der Waals surface area contributed by atoms with Gasteiger partial charge in [0, 0.05) is 44.3 Å². The Kier molecular flexibility index (Phi) is 5.14. The van der Waals surface area contributed by atoms with Crippen LogP contribution in [0.5, 0.6) is 0 Å². The molecule has 0 bridgehead atoms. The number of amides is 1. The number of hydrogen-bond donors (Lipinski definition) is 1. The predicted molar refractivity (Wildman–Crippen MR) is 118 cm³/mol. The molecule has 156 valence electrons. The molecule has 0 saturated carbocycles. The second-order valence-corrected chi connectivity index (χ2v) is 7.37. The van der Waals surface area contributed by atoms with E-state index in [2.05, 4.69) is 30.4 Å². The van der Waals surface area contributed by atoms with E-state index in [1.54, 1.807) is 18.7 Å². The average molecular weight is 414 g/mol. The predicted octanol–water partition coefficient (Wildman–Crippen LogP) is 2.31. The quantitative estimate of drug-likeness (QED) is 0.536. The molecule has 0 radical (unpaired) electrons. The number of piperazine rings is 1. The summed E-state index contributed by atoms with van der Waals surface area (Å²) in [7, 11) is 0. The molecule has 1 amide bonds. The minimum absolute atomic E-state index is 0.103. The van der Waals surface area contributed by atoms with E-state index in [-0.39, 0.29) is 5.91 Å². The molecule has 1 aliphatic rings. The van der Waals surface area contributed by atoms with E-state index in [0.717, 1.165) is 35.6 Å². The Morgan fingerprint density at radius 2 is 1.74 bits per heavy atom. The van der Waals surface area contributed by atoms with Crippen molar-refractivity contribution in [1.82, 2.24) is 29.6 Å². The molecule has 1 N–H and O–H groups in total. The third-order valence-electron chi connectivity index (χ3n) is 5.39. The molecule has 5 rings (SSSR count). The number of imidazole rings is 1. The van der Waals surface area contributed by atoms with Crippen molar-refractivity contribution in [3.63, 3.8) is 0 Å². The van der Waals surface area contributed by atoms with Crippen molar-refractivity contribution in [1.29, 1.82) is 0 Å². The molecule has 0 unspecified atom stereocenters. The minimum Gasteiger partial charge on any atom is -0.352 e. The van der Waals surface area contributed by atoms with Crippen molar-refractivity contribution in [3.8, 4) is 0 Å². The van der Waals surface area contributed by atoms with Crippen molar-refractivity contribution in [2.45, 2.75) is 6.54 Å². The van der Waals surface area contributed by atoms with E-state index in [1.165, 1.54) is 0 Å². The first-order valence-electron chi connectivity index (χ1n) is 10.2. The lowest BCUT2D eigenvalue weighted by Crippen LogP contribution is -2.49. The Hall–Kier alpha value is -4.01. The molecule has 4 aromatic rings.